The second-order valence-corrected chi connectivity index (χ2v) is 3.00. The lowest BCUT2D eigenvalue weighted by atomic mass is 10.1. The average molecular weight is 181 g/mol. The molecule has 0 bridgehead atoms. The van der Waals surface area contributed by atoms with Crippen LogP contribution in [0.2, 0.25) is 0 Å². The van der Waals surface area contributed by atoms with Crippen LogP contribution >= 0.6 is 0 Å². The summed E-state index contributed by atoms with van der Waals surface area (Å²) >= 11 is 0. The van der Waals surface area contributed by atoms with Crippen molar-refractivity contribution in [3.63, 3.8) is 0 Å². The van der Waals surface area contributed by atoms with Crippen LogP contribution in [0, 0.1) is 0 Å². The van der Waals surface area contributed by atoms with Crippen molar-refractivity contribution in [3.8, 4) is 0 Å². The Morgan fingerprint density at radius 1 is 1.38 bits per heavy atom. The number of rotatable bonds is 4. The van der Waals surface area contributed by atoms with Gasteiger partial charge in [-0.25, -0.2) is 0 Å². The Morgan fingerprint density at radius 2 is 1.92 bits per heavy atom. The van der Waals surface area contributed by atoms with Crippen molar-refractivity contribution in [2.45, 2.75) is 26.7 Å². The molecule has 3 heteroatoms. The van der Waals surface area contributed by atoms with Crippen LogP contribution in [0.15, 0.2) is 28.4 Å². The van der Waals surface area contributed by atoms with E-state index in [4.69, 9.17) is 11.5 Å². The van der Waals surface area contributed by atoms with Crippen molar-refractivity contribution < 1.29 is 0 Å². The second-order valence-electron chi connectivity index (χ2n) is 3.00. The minimum atomic E-state index is 0.481. The third-order valence-electron chi connectivity index (χ3n) is 1.96. The van der Waals surface area contributed by atoms with E-state index >= 15 is 0 Å². The summed E-state index contributed by atoms with van der Waals surface area (Å²) in [6, 6.07) is 0. The molecule has 0 aromatic carbocycles. The molecule has 0 fully saturated rings. The van der Waals surface area contributed by atoms with Crippen molar-refractivity contribution in [1.29, 1.82) is 0 Å². The van der Waals surface area contributed by atoms with Gasteiger partial charge >= 0.3 is 0 Å². The van der Waals surface area contributed by atoms with Crippen LogP contribution in [0.4, 0.5) is 0 Å². The van der Waals surface area contributed by atoms with Gasteiger partial charge in [0.25, 0.3) is 0 Å². The summed E-state index contributed by atoms with van der Waals surface area (Å²) in [5.41, 5.74) is 13.9. The van der Waals surface area contributed by atoms with Gasteiger partial charge in [0.15, 0.2) is 0 Å². The molecule has 0 aliphatic rings. The van der Waals surface area contributed by atoms with Gasteiger partial charge in [-0.05, 0) is 18.9 Å². The number of hydrogen-bond acceptors (Lipinski definition) is 2. The van der Waals surface area contributed by atoms with E-state index in [9.17, 15) is 0 Å². The summed E-state index contributed by atoms with van der Waals surface area (Å²) in [5.74, 6) is 0.481. The first-order valence-electron chi connectivity index (χ1n) is 4.41. The van der Waals surface area contributed by atoms with Gasteiger partial charge in [0.05, 0.1) is 0 Å². The Balaban J connectivity index is 4.71. The van der Waals surface area contributed by atoms with E-state index in [1.807, 2.05) is 6.92 Å². The predicted octanol–water partition coefficient (Wildman–Crippen LogP) is 1.56. The normalized spacial score (nSPS) is 13.9. The first-order chi connectivity index (χ1) is 6.04. The molecule has 0 atom stereocenters. The van der Waals surface area contributed by atoms with Gasteiger partial charge in [-0.15, -0.1) is 0 Å². The van der Waals surface area contributed by atoms with Crippen LogP contribution in [0.1, 0.15) is 26.7 Å². The third kappa shape index (κ3) is 3.32. The molecule has 0 spiro atoms. The fraction of sp³-hybridized carbons (Fsp3) is 0.500. The lowest BCUT2D eigenvalue weighted by molar-refractivity contribution is 0.908. The van der Waals surface area contributed by atoms with Gasteiger partial charge in [-0.2, -0.15) is 0 Å². The molecule has 0 rings (SSSR count). The van der Waals surface area contributed by atoms with Gasteiger partial charge in [-0.1, -0.05) is 19.9 Å². The Morgan fingerprint density at radius 3 is 2.31 bits per heavy atom. The SMILES string of the molecule is C=C(CCC)C(N)=C(C)C(N)=NC. The highest BCUT2D eigenvalue weighted by Gasteiger charge is 2.04. The zero-order valence-corrected chi connectivity index (χ0v) is 8.72. The van der Waals surface area contributed by atoms with E-state index in [1.54, 1.807) is 7.05 Å². The highest BCUT2D eigenvalue weighted by Crippen LogP contribution is 2.12. The topological polar surface area (TPSA) is 64.4 Å². The summed E-state index contributed by atoms with van der Waals surface area (Å²) in [6.07, 6.45) is 1.94. The van der Waals surface area contributed by atoms with E-state index < -0.39 is 0 Å². The molecule has 0 saturated carbocycles. The van der Waals surface area contributed by atoms with Gasteiger partial charge in [0.2, 0.25) is 0 Å². The molecule has 0 heterocycles. The largest absolute Gasteiger partial charge is 0.398 e. The van der Waals surface area contributed by atoms with Crippen LogP contribution in [-0.4, -0.2) is 12.9 Å². The first kappa shape index (κ1) is 11.8. The molecule has 4 N–H and O–H groups in total. The molecular weight excluding hydrogens is 162 g/mol. The fourth-order valence-corrected chi connectivity index (χ4v) is 1.01. The Hall–Kier alpha value is -1.25. The van der Waals surface area contributed by atoms with Crippen LogP contribution in [0.25, 0.3) is 0 Å². The molecule has 0 aromatic rings. The monoisotopic (exact) mass is 181 g/mol. The van der Waals surface area contributed by atoms with E-state index in [-0.39, 0.29) is 0 Å². The average Bonchev–Trinajstić information content (AvgIpc) is 2.14. The number of nitrogens with two attached hydrogens (primary N) is 2. The van der Waals surface area contributed by atoms with Crippen molar-refractivity contribution in [2.75, 3.05) is 7.05 Å². The maximum absolute atomic E-state index is 5.84. The highest BCUT2D eigenvalue weighted by atomic mass is 14.8. The minimum absolute atomic E-state index is 0.481. The molecule has 0 amide bonds. The van der Waals surface area contributed by atoms with Gasteiger partial charge in [0, 0.05) is 18.3 Å². The molecule has 0 aliphatic carbocycles. The van der Waals surface area contributed by atoms with Crippen molar-refractivity contribution in [2.24, 2.45) is 16.5 Å². The predicted molar refractivity (Wildman–Crippen MR) is 58.5 cm³/mol. The molecular formula is C10H19N3. The summed E-state index contributed by atoms with van der Waals surface area (Å²) in [6.45, 7) is 7.84. The van der Waals surface area contributed by atoms with Crippen molar-refractivity contribution in [3.05, 3.63) is 23.4 Å². The van der Waals surface area contributed by atoms with Crippen molar-refractivity contribution in [1.82, 2.24) is 0 Å². The fourth-order valence-electron chi connectivity index (χ4n) is 1.01. The number of amidine groups is 1. The molecule has 13 heavy (non-hydrogen) atoms. The maximum Gasteiger partial charge on any atom is 0.122 e. The number of allylic oxidation sites excluding steroid dienone is 1. The highest BCUT2D eigenvalue weighted by molar-refractivity contribution is 5.97. The molecule has 0 aliphatic heterocycles. The van der Waals surface area contributed by atoms with E-state index in [0.29, 0.717) is 11.5 Å². The van der Waals surface area contributed by atoms with Gasteiger partial charge in [-0.3, -0.25) is 4.99 Å². The zero-order valence-electron chi connectivity index (χ0n) is 8.72. The quantitative estimate of drug-likeness (QED) is 0.393. The minimum Gasteiger partial charge on any atom is -0.398 e. The smallest absolute Gasteiger partial charge is 0.122 e. The molecule has 3 nitrogen and oxygen atoms in total. The Bertz CT molecular complexity index is 249. The molecule has 74 valence electrons. The third-order valence-corrected chi connectivity index (χ3v) is 1.96. The van der Waals surface area contributed by atoms with E-state index in [2.05, 4.69) is 18.5 Å². The number of nitrogens with zero attached hydrogens (tertiary/aromatic N) is 1. The lowest BCUT2D eigenvalue weighted by Crippen LogP contribution is -2.18. The van der Waals surface area contributed by atoms with Crippen LogP contribution in [0.5, 0.6) is 0 Å². The van der Waals surface area contributed by atoms with Crippen molar-refractivity contribution >= 4 is 5.84 Å². The van der Waals surface area contributed by atoms with Gasteiger partial charge in [0.1, 0.15) is 5.84 Å². The Labute approximate surface area is 80.2 Å². The van der Waals surface area contributed by atoms with Crippen LogP contribution in [0.3, 0.4) is 0 Å². The van der Waals surface area contributed by atoms with E-state index in [0.717, 1.165) is 24.0 Å². The standard InChI is InChI=1S/C10H19N3/c1-5-6-7(2)9(11)8(3)10(12)13-4/h2,5-6,11H2,1,3-4H3,(H2,12,13). The molecule has 0 unspecified atom stereocenters. The van der Waals surface area contributed by atoms with Crippen LogP contribution in [-0.2, 0) is 0 Å². The van der Waals surface area contributed by atoms with E-state index in [1.165, 1.54) is 0 Å². The van der Waals surface area contributed by atoms with Gasteiger partial charge < -0.3 is 11.5 Å². The molecule has 0 radical (unpaired) electrons. The molecule has 0 saturated heterocycles. The Kier molecular flexibility index (Phi) is 4.89. The first-order valence-corrected chi connectivity index (χ1v) is 4.41. The summed E-state index contributed by atoms with van der Waals surface area (Å²) in [5, 5.41) is 0. The molecule has 0 aromatic heterocycles. The number of hydrogen-bond donors (Lipinski definition) is 2. The zero-order chi connectivity index (χ0) is 10.4. The summed E-state index contributed by atoms with van der Waals surface area (Å²) < 4.78 is 0. The second kappa shape index (κ2) is 5.41. The lowest BCUT2D eigenvalue weighted by Gasteiger charge is -2.08. The summed E-state index contributed by atoms with van der Waals surface area (Å²) in [4.78, 5) is 3.87. The van der Waals surface area contributed by atoms with Crippen LogP contribution < -0.4 is 11.5 Å². The summed E-state index contributed by atoms with van der Waals surface area (Å²) in [7, 11) is 1.65. The maximum atomic E-state index is 5.84. The number of aliphatic imine (C=N–C) groups is 1.